The summed E-state index contributed by atoms with van der Waals surface area (Å²) in [7, 11) is 0. The number of hydrogen-bond donors (Lipinski definition) is 2. The topological polar surface area (TPSA) is 75.2 Å². The van der Waals surface area contributed by atoms with Crippen LogP contribution in [0.5, 0.6) is 0 Å². The quantitative estimate of drug-likeness (QED) is 0.709. The molecule has 28 heavy (non-hydrogen) atoms. The molecule has 1 saturated heterocycles. The van der Waals surface area contributed by atoms with Crippen LogP contribution >= 0.6 is 0 Å². The Morgan fingerprint density at radius 2 is 2.00 bits per heavy atom. The van der Waals surface area contributed by atoms with Gasteiger partial charge >= 0.3 is 0 Å². The number of anilines is 4. The van der Waals surface area contributed by atoms with Gasteiger partial charge in [0.25, 0.3) is 0 Å². The second kappa shape index (κ2) is 9.50. The second-order valence-corrected chi connectivity index (χ2v) is 7.19. The van der Waals surface area contributed by atoms with Crippen molar-refractivity contribution in [3.05, 3.63) is 42.1 Å². The van der Waals surface area contributed by atoms with Crippen LogP contribution in [-0.2, 0) is 4.74 Å². The lowest BCUT2D eigenvalue weighted by molar-refractivity contribution is 0.123. The number of para-hydroxylation sites is 2. The number of aromatic nitrogens is 3. The van der Waals surface area contributed by atoms with Crippen LogP contribution in [-0.4, -0.2) is 48.0 Å². The van der Waals surface area contributed by atoms with Gasteiger partial charge in [-0.2, -0.15) is 10.1 Å². The molecule has 1 aromatic carbocycles. The van der Waals surface area contributed by atoms with E-state index >= 15 is 0 Å². The smallest absolute Gasteiger partial charge is 0.244 e. The molecule has 0 bridgehead atoms. The number of nitrogens with zero attached hydrogens (tertiary/aromatic N) is 4. The summed E-state index contributed by atoms with van der Waals surface area (Å²) < 4.78 is 5.47. The summed E-state index contributed by atoms with van der Waals surface area (Å²) in [5.74, 6) is 1.25. The predicted octanol–water partition coefficient (Wildman–Crippen LogP) is 3.75. The highest BCUT2D eigenvalue weighted by Gasteiger charge is 2.15. The normalized spacial score (nSPS) is 17.1. The van der Waals surface area contributed by atoms with Crippen molar-refractivity contribution in [1.82, 2.24) is 15.2 Å². The van der Waals surface area contributed by atoms with Gasteiger partial charge in [-0.05, 0) is 44.2 Å². The zero-order chi connectivity index (χ0) is 19.0. The van der Waals surface area contributed by atoms with Crippen LogP contribution in [0.2, 0.25) is 0 Å². The maximum atomic E-state index is 5.47. The Hall–Kier alpha value is -2.67. The van der Waals surface area contributed by atoms with Gasteiger partial charge < -0.3 is 20.3 Å². The minimum Gasteiger partial charge on any atom is -0.378 e. The number of nitrogens with one attached hydrogen (secondary N) is 2. The Morgan fingerprint density at radius 3 is 2.86 bits per heavy atom. The van der Waals surface area contributed by atoms with Crippen molar-refractivity contribution in [3.8, 4) is 0 Å². The molecule has 2 aliphatic rings. The van der Waals surface area contributed by atoms with Crippen LogP contribution in [0.3, 0.4) is 0 Å². The average molecular weight is 380 g/mol. The molecule has 7 nitrogen and oxygen atoms in total. The molecule has 1 fully saturated rings. The fourth-order valence-corrected chi connectivity index (χ4v) is 3.70. The van der Waals surface area contributed by atoms with Crippen LogP contribution in [0, 0.1) is 0 Å². The van der Waals surface area contributed by atoms with E-state index in [0.29, 0.717) is 11.8 Å². The predicted molar refractivity (Wildman–Crippen MR) is 112 cm³/mol. The van der Waals surface area contributed by atoms with Crippen molar-refractivity contribution >= 4 is 23.1 Å². The van der Waals surface area contributed by atoms with E-state index in [-0.39, 0.29) is 0 Å². The van der Waals surface area contributed by atoms with E-state index in [2.05, 4.69) is 55.0 Å². The molecular weight excluding hydrogens is 352 g/mol. The van der Waals surface area contributed by atoms with Crippen molar-refractivity contribution in [3.63, 3.8) is 0 Å². The van der Waals surface area contributed by atoms with E-state index in [4.69, 9.17) is 4.74 Å². The number of benzene rings is 1. The van der Waals surface area contributed by atoms with Crippen LogP contribution < -0.4 is 15.5 Å². The lowest BCUT2D eigenvalue weighted by atomic mass is 9.97. The SMILES string of the molecule is C1=C(CCNc2nncc(Nc3ccccc3N3CCOCC3)n2)CCCC1. The Labute approximate surface area is 166 Å². The zero-order valence-corrected chi connectivity index (χ0v) is 16.2. The number of rotatable bonds is 7. The maximum Gasteiger partial charge on any atom is 0.244 e. The molecule has 0 unspecified atom stereocenters. The fourth-order valence-electron chi connectivity index (χ4n) is 3.70. The zero-order valence-electron chi connectivity index (χ0n) is 16.2. The van der Waals surface area contributed by atoms with Gasteiger partial charge in [-0.25, -0.2) is 0 Å². The van der Waals surface area contributed by atoms with Crippen molar-refractivity contribution < 1.29 is 4.74 Å². The van der Waals surface area contributed by atoms with Gasteiger partial charge in [-0.15, -0.1) is 5.10 Å². The molecule has 0 spiro atoms. The minimum absolute atomic E-state index is 0.560. The van der Waals surface area contributed by atoms with Crippen LogP contribution in [0.25, 0.3) is 0 Å². The van der Waals surface area contributed by atoms with E-state index in [1.165, 1.54) is 25.7 Å². The first-order valence-electron chi connectivity index (χ1n) is 10.2. The van der Waals surface area contributed by atoms with E-state index in [0.717, 1.165) is 50.6 Å². The van der Waals surface area contributed by atoms with Crippen molar-refractivity contribution in [2.24, 2.45) is 0 Å². The molecule has 1 aliphatic heterocycles. The summed E-state index contributed by atoms with van der Waals surface area (Å²) >= 11 is 0. The second-order valence-electron chi connectivity index (χ2n) is 7.19. The molecule has 4 rings (SSSR count). The van der Waals surface area contributed by atoms with E-state index in [1.54, 1.807) is 11.8 Å². The standard InChI is InChI=1S/C21H28N6O/c1-2-6-17(7-3-1)10-11-22-21-25-20(16-23-26-21)24-18-8-4-5-9-19(18)27-12-14-28-15-13-27/h4-6,8-9,16H,1-3,7,10-15H2,(H2,22,24,25,26). The third kappa shape index (κ3) is 4.98. The highest BCUT2D eigenvalue weighted by Crippen LogP contribution is 2.28. The molecule has 0 atom stereocenters. The number of morpholine rings is 1. The van der Waals surface area contributed by atoms with Crippen molar-refractivity contribution in [2.45, 2.75) is 32.1 Å². The maximum absolute atomic E-state index is 5.47. The van der Waals surface area contributed by atoms with Gasteiger partial charge in [0.2, 0.25) is 5.95 Å². The van der Waals surface area contributed by atoms with Crippen LogP contribution in [0.4, 0.5) is 23.1 Å². The first-order valence-corrected chi connectivity index (χ1v) is 10.2. The Balaban J connectivity index is 1.39. The molecule has 148 valence electrons. The van der Waals surface area contributed by atoms with Crippen LogP contribution in [0.1, 0.15) is 32.1 Å². The monoisotopic (exact) mass is 380 g/mol. The first-order chi connectivity index (χ1) is 13.9. The van der Waals surface area contributed by atoms with Crippen molar-refractivity contribution in [2.75, 3.05) is 48.4 Å². The third-order valence-electron chi connectivity index (χ3n) is 5.19. The van der Waals surface area contributed by atoms with Crippen LogP contribution in [0.15, 0.2) is 42.1 Å². The Bertz CT molecular complexity index is 803. The molecule has 1 aliphatic carbocycles. The highest BCUT2D eigenvalue weighted by atomic mass is 16.5. The lowest BCUT2D eigenvalue weighted by Crippen LogP contribution is -2.36. The third-order valence-corrected chi connectivity index (χ3v) is 5.19. The van der Waals surface area contributed by atoms with Gasteiger partial charge in [0, 0.05) is 19.6 Å². The largest absolute Gasteiger partial charge is 0.378 e. The van der Waals surface area contributed by atoms with Gasteiger partial charge in [0.1, 0.15) is 0 Å². The van der Waals surface area contributed by atoms with Gasteiger partial charge in [-0.3, -0.25) is 0 Å². The molecule has 1 aromatic heterocycles. The summed E-state index contributed by atoms with van der Waals surface area (Å²) in [4.78, 5) is 6.91. The number of ether oxygens (including phenoxy) is 1. The molecule has 0 saturated carbocycles. The lowest BCUT2D eigenvalue weighted by Gasteiger charge is -2.30. The summed E-state index contributed by atoms with van der Waals surface area (Å²) in [5, 5.41) is 14.9. The molecule has 7 heteroatoms. The van der Waals surface area contributed by atoms with E-state index < -0.39 is 0 Å². The number of hydrogen-bond acceptors (Lipinski definition) is 7. The Morgan fingerprint density at radius 1 is 1.11 bits per heavy atom. The van der Waals surface area contributed by atoms with Crippen molar-refractivity contribution in [1.29, 1.82) is 0 Å². The molecular formula is C21H28N6O. The van der Waals surface area contributed by atoms with Gasteiger partial charge in [-0.1, -0.05) is 23.8 Å². The summed E-state index contributed by atoms with van der Waals surface area (Å²) in [6.45, 7) is 4.13. The minimum atomic E-state index is 0.560. The van der Waals surface area contributed by atoms with E-state index in [9.17, 15) is 0 Å². The van der Waals surface area contributed by atoms with Gasteiger partial charge in [0.15, 0.2) is 5.82 Å². The fraction of sp³-hybridized carbons (Fsp3) is 0.476. The highest BCUT2D eigenvalue weighted by molar-refractivity contribution is 5.74. The molecule has 2 heterocycles. The average Bonchev–Trinajstić information content (AvgIpc) is 2.76. The summed E-state index contributed by atoms with van der Waals surface area (Å²) in [6.07, 6.45) is 10.2. The molecule has 2 aromatic rings. The molecule has 0 radical (unpaired) electrons. The first kappa shape index (κ1) is 18.7. The van der Waals surface area contributed by atoms with E-state index in [1.807, 2.05) is 6.07 Å². The number of allylic oxidation sites excluding steroid dienone is 1. The molecule has 2 N–H and O–H groups in total. The summed E-state index contributed by atoms with van der Waals surface area (Å²) in [5.41, 5.74) is 3.71. The van der Waals surface area contributed by atoms with Gasteiger partial charge in [0.05, 0.1) is 30.8 Å². The summed E-state index contributed by atoms with van der Waals surface area (Å²) in [6, 6.07) is 8.27. The molecule has 0 amide bonds. The Kier molecular flexibility index (Phi) is 6.34.